The molecular weight excluding hydrogens is 624 g/mol. The number of amides is 3. The number of aliphatic hydroxyl groups excluding tert-OH is 1. The van der Waals surface area contributed by atoms with Crippen molar-refractivity contribution in [3.63, 3.8) is 0 Å². The van der Waals surface area contributed by atoms with Crippen molar-refractivity contribution < 1.29 is 29.5 Å². The van der Waals surface area contributed by atoms with Crippen LogP contribution in [0.4, 0.5) is 17.1 Å². The van der Waals surface area contributed by atoms with Crippen molar-refractivity contribution in [3.8, 4) is 0 Å². The molecule has 3 heterocycles. The van der Waals surface area contributed by atoms with Crippen LogP contribution >= 0.6 is 0 Å². The van der Waals surface area contributed by atoms with E-state index >= 15 is 0 Å². The van der Waals surface area contributed by atoms with Gasteiger partial charge in [0.1, 0.15) is 0 Å². The van der Waals surface area contributed by atoms with E-state index in [1.165, 1.54) is 23.1 Å². The van der Waals surface area contributed by atoms with E-state index in [-0.39, 0.29) is 48.7 Å². The van der Waals surface area contributed by atoms with Crippen LogP contribution in [-0.2, 0) is 39.5 Å². The van der Waals surface area contributed by atoms with Crippen LogP contribution in [0, 0.1) is 16.0 Å². The molecule has 3 atom stereocenters. The van der Waals surface area contributed by atoms with Crippen LogP contribution in [-0.4, -0.2) is 57.0 Å². The van der Waals surface area contributed by atoms with Gasteiger partial charge in [-0.1, -0.05) is 68.3 Å². The molecule has 3 aliphatic heterocycles. The summed E-state index contributed by atoms with van der Waals surface area (Å²) < 4.78 is 0. The van der Waals surface area contributed by atoms with Gasteiger partial charge in [0.2, 0.25) is 11.8 Å². The van der Waals surface area contributed by atoms with Gasteiger partial charge in [-0.3, -0.25) is 24.5 Å². The molecule has 0 radical (unpaired) electrons. The number of nitrogens with zero attached hydrogens (tertiary/aromatic N) is 4. The zero-order valence-corrected chi connectivity index (χ0v) is 27.7. The number of carbonyl (C=O) groups is 3. The van der Waals surface area contributed by atoms with Gasteiger partial charge in [-0.05, 0) is 54.2 Å². The van der Waals surface area contributed by atoms with Crippen molar-refractivity contribution >= 4 is 34.8 Å². The highest BCUT2D eigenvalue weighted by atomic mass is 16.6. The molecule has 11 heteroatoms. The predicted octanol–water partition coefficient (Wildman–Crippen LogP) is 5.15. The zero-order chi connectivity index (χ0) is 34.7. The Labute approximate surface area is 285 Å². The molecule has 3 aromatic carbocycles. The molecule has 0 unspecified atom stereocenters. The van der Waals surface area contributed by atoms with E-state index in [1.807, 2.05) is 48.5 Å². The SMILES string of the molecule is C[C@H](/C=C/CC(=O)N1Cc2ccccc2C[C@H]1CO)[C@@]1(O)C(=O)N(Cc2cccc(N3CCCCCCC3=O)c2)c2ccc([N+](=O)[O-])cc21. The Morgan fingerprint density at radius 1 is 1.04 bits per heavy atom. The van der Waals surface area contributed by atoms with Crippen LogP contribution in [0.3, 0.4) is 0 Å². The third-order valence-corrected chi connectivity index (χ3v) is 10.1. The molecule has 1 fully saturated rings. The maximum absolute atomic E-state index is 14.2. The number of rotatable bonds is 9. The van der Waals surface area contributed by atoms with Gasteiger partial charge in [0.05, 0.1) is 29.8 Å². The number of carbonyl (C=O) groups excluding carboxylic acids is 3. The number of benzene rings is 3. The average molecular weight is 667 g/mol. The lowest BCUT2D eigenvalue weighted by Crippen LogP contribution is -2.46. The molecule has 3 aromatic rings. The van der Waals surface area contributed by atoms with Gasteiger partial charge in [0.25, 0.3) is 11.6 Å². The molecule has 0 spiro atoms. The Hall–Kier alpha value is -4.87. The molecule has 0 saturated carbocycles. The average Bonchev–Trinajstić information content (AvgIpc) is 3.31. The Kier molecular flexibility index (Phi) is 9.94. The van der Waals surface area contributed by atoms with Crippen molar-refractivity contribution in [2.75, 3.05) is 23.0 Å². The molecule has 49 heavy (non-hydrogen) atoms. The quantitative estimate of drug-likeness (QED) is 0.183. The number of nitro groups is 1. The fourth-order valence-corrected chi connectivity index (χ4v) is 7.32. The summed E-state index contributed by atoms with van der Waals surface area (Å²) in [6.45, 7) is 2.56. The van der Waals surface area contributed by atoms with Crippen LogP contribution in [0.1, 0.15) is 67.7 Å². The zero-order valence-electron chi connectivity index (χ0n) is 27.7. The number of non-ortho nitro benzene ring substituents is 1. The fraction of sp³-hybridized carbons (Fsp3) is 0.395. The molecule has 256 valence electrons. The summed E-state index contributed by atoms with van der Waals surface area (Å²) in [5.74, 6) is -1.61. The standard InChI is InChI=1S/C38H42N4O7/c1-26(10-8-16-36(45)40-24-29-13-6-5-12-28(29)21-32(40)25-43)38(47)33-22-31(42(48)49)17-18-34(33)41(37(38)46)23-27-11-9-14-30(20-27)39-19-7-3-2-4-15-35(39)44/h5-6,8-14,17-18,20,22,26,32,43,47H,2-4,7,15-16,19,21,23-25H2,1H3/b10-8+/t26-,32+,38+/m1/s1. The first-order chi connectivity index (χ1) is 23.6. The van der Waals surface area contributed by atoms with Gasteiger partial charge in [-0.2, -0.15) is 0 Å². The van der Waals surface area contributed by atoms with Gasteiger partial charge in [-0.25, -0.2) is 0 Å². The minimum Gasteiger partial charge on any atom is -0.394 e. The van der Waals surface area contributed by atoms with E-state index in [2.05, 4.69) is 0 Å². The molecular formula is C38H42N4O7. The summed E-state index contributed by atoms with van der Waals surface area (Å²) in [6, 6.07) is 19.0. The summed E-state index contributed by atoms with van der Waals surface area (Å²) in [4.78, 5) is 56.5. The first-order valence-electron chi connectivity index (χ1n) is 17.0. The first kappa shape index (κ1) is 34.0. The van der Waals surface area contributed by atoms with E-state index in [0.717, 1.165) is 48.1 Å². The summed E-state index contributed by atoms with van der Waals surface area (Å²) in [6.07, 6.45) is 8.09. The summed E-state index contributed by atoms with van der Waals surface area (Å²) in [7, 11) is 0. The van der Waals surface area contributed by atoms with Crippen LogP contribution in [0.25, 0.3) is 0 Å². The third-order valence-electron chi connectivity index (χ3n) is 10.1. The highest BCUT2D eigenvalue weighted by Crippen LogP contribution is 2.47. The second-order valence-electron chi connectivity index (χ2n) is 13.2. The van der Waals surface area contributed by atoms with Gasteiger partial charge in [0, 0.05) is 55.2 Å². The number of fused-ring (bicyclic) bond motifs is 2. The molecule has 11 nitrogen and oxygen atoms in total. The number of hydrogen-bond acceptors (Lipinski definition) is 7. The number of nitro benzene ring substituents is 1. The second-order valence-corrected chi connectivity index (χ2v) is 13.2. The topological polar surface area (TPSA) is 145 Å². The number of hydrogen-bond donors (Lipinski definition) is 2. The van der Waals surface area contributed by atoms with Crippen molar-refractivity contribution in [1.29, 1.82) is 0 Å². The lowest BCUT2D eigenvalue weighted by Gasteiger charge is -2.36. The van der Waals surface area contributed by atoms with E-state index in [1.54, 1.807) is 28.9 Å². The molecule has 0 aliphatic carbocycles. The Morgan fingerprint density at radius 2 is 1.82 bits per heavy atom. The van der Waals surface area contributed by atoms with E-state index in [4.69, 9.17) is 0 Å². The largest absolute Gasteiger partial charge is 0.394 e. The molecule has 2 N–H and O–H groups in total. The minimum atomic E-state index is -2.13. The van der Waals surface area contributed by atoms with Crippen LogP contribution in [0.2, 0.25) is 0 Å². The van der Waals surface area contributed by atoms with Gasteiger partial charge < -0.3 is 24.9 Å². The molecule has 0 aromatic heterocycles. The lowest BCUT2D eigenvalue weighted by molar-refractivity contribution is -0.385. The highest BCUT2D eigenvalue weighted by Gasteiger charge is 2.53. The Morgan fingerprint density at radius 3 is 2.59 bits per heavy atom. The maximum atomic E-state index is 14.2. The second kappa shape index (κ2) is 14.3. The summed E-state index contributed by atoms with van der Waals surface area (Å²) in [5, 5.41) is 33.9. The van der Waals surface area contributed by atoms with E-state index in [0.29, 0.717) is 31.6 Å². The third kappa shape index (κ3) is 6.73. The first-order valence-corrected chi connectivity index (χ1v) is 17.0. The molecule has 3 amide bonds. The van der Waals surface area contributed by atoms with Crippen LogP contribution < -0.4 is 9.80 Å². The van der Waals surface area contributed by atoms with Crippen molar-refractivity contribution in [1.82, 2.24) is 4.90 Å². The highest BCUT2D eigenvalue weighted by molar-refractivity contribution is 6.07. The predicted molar refractivity (Wildman–Crippen MR) is 185 cm³/mol. The number of anilines is 2. The smallest absolute Gasteiger partial charge is 0.269 e. The van der Waals surface area contributed by atoms with Crippen molar-refractivity contribution in [2.24, 2.45) is 5.92 Å². The number of aliphatic hydroxyl groups is 2. The van der Waals surface area contributed by atoms with Gasteiger partial charge >= 0.3 is 0 Å². The summed E-state index contributed by atoms with van der Waals surface area (Å²) >= 11 is 0. The lowest BCUT2D eigenvalue weighted by atomic mass is 9.82. The Balaban J connectivity index is 1.23. The van der Waals surface area contributed by atoms with Gasteiger partial charge in [0.15, 0.2) is 5.60 Å². The van der Waals surface area contributed by atoms with E-state index < -0.39 is 22.3 Å². The molecule has 1 saturated heterocycles. The maximum Gasteiger partial charge on any atom is 0.269 e. The summed E-state index contributed by atoms with van der Waals surface area (Å²) in [5.41, 5.74) is 1.72. The van der Waals surface area contributed by atoms with Crippen LogP contribution in [0.15, 0.2) is 78.9 Å². The fourth-order valence-electron chi connectivity index (χ4n) is 7.32. The Bertz CT molecular complexity index is 1790. The van der Waals surface area contributed by atoms with Crippen LogP contribution in [0.5, 0.6) is 0 Å². The van der Waals surface area contributed by atoms with Crippen molar-refractivity contribution in [3.05, 3.63) is 111 Å². The normalized spacial score (nSPS) is 21.7. The minimum absolute atomic E-state index is 0.0131. The van der Waals surface area contributed by atoms with Crippen molar-refractivity contribution in [2.45, 2.75) is 76.6 Å². The molecule has 6 rings (SSSR count). The van der Waals surface area contributed by atoms with Gasteiger partial charge in [-0.15, -0.1) is 0 Å². The van der Waals surface area contributed by atoms with E-state index in [9.17, 15) is 34.7 Å². The monoisotopic (exact) mass is 666 g/mol. The molecule has 0 bridgehead atoms. The molecule has 3 aliphatic rings.